The van der Waals surface area contributed by atoms with Gasteiger partial charge in [-0.3, -0.25) is 0 Å². The summed E-state index contributed by atoms with van der Waals surface area (Å²) < 4.78 is 4.60. The van der Waals surface area contributed by atoms with E-state index < -0.39 is 5.97 Å². The first-order chi connectivity index (χ1) is 5.22. The molecule has 0 aliphatic carbocycles. The van der Waals surface area contributed by atoms with Gasteiger partial charge in [-0.15, -0.1) is 0 Å². The van der Waals surface area contributed by atoms with Crippen molar-refractivity contribution in [3.8, 4) is 11.8 Å². The number of hydrogen-bond acceptors (Lipinski definition) is 3. The Bertz CT molecular complexity index is 222. The standard InChI is InChI=1S/C7H7BrO3/c1-11-7(10)6(8)4-2-3-5-9/h4,9H,5H2,1H3/b6-4-. The van der Waals surface area contributed by atoms with Gasteiger partial charge < -0.3 is 9.84 Å². The molecule has 4 heteroatoms. The van der Waals surface area contributed by atoms with Crippen molar-refractivity contribution in [1.82, 2.24) is 0 Å². The summed E-state index contributed by atoms with van der Waals surface area (Å²) in [5.74, 6) is 4.30. The number of methoxy groups -OCH3 is 1. The summed E-state index contributed by atoms with van der Waals surface area (Å²) in [6.07, 6.45) is 1.32. The van der Waals surface area contributed by atoms with Gasteiger partial charge in [0.05, 0.1) is 7.11 Å². The van der Waals surface area contributed by atoms with Crippen LogP contribution in [-0.4, -0.2) is 24.8 Å². The Balaban J connectivity index is 4.11. The van der Waals surface area contributed by atoms with Gasteiger partial charge in [0.2, 0.25) is 0 Å². The van der Waals surface area contributed by atoms with Gasteiger partial charge in [0, 0.05) is 6.08 Å². The third-order valence-electron chi connectivity index (χ3n) is 0.760. The molecule has 0 aliphatic heterocycles. The Morgan fingerprint density at radius 3 is 2.91 bits per heavy atom. The molecule has 0 amide bonds. The quantitative estimate of drug-likeness (QED) is 0.395. The normalized spacial score (nSPS) is 9.91. The number of halogens is 1. The van der Waals surface area contributed by atoms with E-state index in [0.717, 1.165) is 0 Å². The Hall–Kier alpha value is -0.790. The zero-order valence-corrected chi connectivity index (χ0v) is 7.51. The van der Waals surface area contributed by atoms with Crippen LogP contribution in [0.15, 0.2) is 10.6 Å². The predicted octanol–water partition coefficient (Wildman–Crippen LogP) is 0.434. The molecule has 0 aromatic carbocycles. The number of esters is 1. The predicted molar refractivity (Wildman–Crippen MR) is 43.9 cm³/mol. The van der Waals surface area contributed by atoms with E-state index >= 15 is 0 Å². The lowest BCUT2D eigenvalue weighted by atomic mass is 10.5. The van der Waals surface area contributed by atoms with E-state index in [1.54, 1.807) is 0 Å². The van der Waals surface area contributed by atoms with Gasteiger partial charge in [-0.05, 0) is 15.9 Å². The lowest BCUT2D eigenvalue weighted by molar-refractivity contribution is -0.135. The van der Waals surface area contributed by atoms with E-state index in [1.165, 1.54) is 13.2 Å². The fraction of sp³-hybridized carbons (Fsp3) is 0.286. The van der Waals surface area contributed by atoms with Crippen LogP contribution in [0.2, 0.25) is 0 Å². The summed E-state index contributed by atoms with van der Waals surface area (Å²) in [5, 5.41) is 8.24. The number of ether oxygens (including phenoxy) is 1. The molecule has 0 bridgehead atoms. The molecular formula is C7H7BrO3. The summed E-state index contributed by atoms with van der Waals surface area (Å²) in [6.45, 7) is -0.224. The van der Waals surface area contributed by atoms with E-state index in [1.807, 2.05) is 0 Å². The molecule has 0 atom stereocenters. The largest absolute Gasteiger partial charge is 0.465 e. The molecule has 0 radical (unpaired) electrons. The number of aliphatic hydroxyl groups excluding tert-OH is 1. The fourth-order valence-corrected chi connectivity index (χ4v) is 0.593. The van der Waals surface area contributed by atoms with Crippen LogP contribution in [0.4, 0.5) is 0 Å². The van der Waals surface area contributed by atoms with E-state index in [-0.39, 0.29) is 11.1 Å². The highest BCUT2D eigenvalue weighted by atomic mass is 79.9. The second kappa shape index (κ2) is 5.96. The minimum Gasteiger partial charge on any atom is -0.465 e. The van der Waals surface area contributed by atoms with Crippen LogP contribution in [0, 0.1) is 11.8 Å². The average Bonchev–Trinajstić information content (AvgIpc) is 2.03. The van der Waals surface area contributed by atoms with Crippen LogP contribution in [-0.2, 0) is 9.53 Å². The van der Waals surface area contributed by atoms with Crippen molar-refractivity contribution in [2.24, 2.45) is 0 Å². The minimum absolute atomic E-state index is 0.224. The van der Waals surface area contributed by atoms with Gasteiger partial charge in [-0.1, -0.05) is 11.8 Å². The molecule has 0 spiro atoms. The van der Waals surface area contributed by atoms with Crippen molar-refractivity contribution in [3.05, 3.63) is 10.6 Å². The van der Waals surface area contributed by atoms with E-state index in [0.29, 0.717) is 0 Å². The molecule has 0 aromatic rings. The van der Waals surface area contributed by atoms with Crippen LogP contribution in [0.5, 0.6) is 0 Å². The molecule has 1 N–H and O–H groups in total. The Labute approximate surface area is 73.2 Å². The van der Waals surface area contributed by atoms with Gasteiger partial charge in [0.25, 0.3) is 0 Å². The Morgan fingerprint density at radius 1 is 1.82 bits per heavy atom. The molecule has 0 saturated heterocycles. The van der Waals surface area contributed by atoms with Crippen molar-refractivity contribution in [2.45, 2.75) is 0 Å². The third kappa shape index (κ3) is 4.59. The number of aliphatic hydroxyl groups is 1. The smallest absolute Gasteiger partial charge is 0.345 e. The summed E-state index contributed by atoms with van der Waals surface area (Å²) in [4.78, 5) is 10.6. The van der Waals surface area contributed by atoms with Gasteiger partial charge in [0.15, 0.2) is 0 Å². The van der Waals surface area contributed by atoms with Crippen LogP contribution < -0.4 is 0 Å². The second-order valence-corrected chi connectivity index (χ2v) is 2.32. The summed E-state index contributed by atoms with van der Waals surface area (Å²) in [6, 6.07) is 0. The first-order valence-corrected chi connectivity index (χ1v) is 3.55. The van der Waals surface area contributed by atoms with Gasteiger partial charge in [0.1, 0.15) is 11.1 Å². The highest BCUT2D eigenvalue weighted by Crippen LogP contribution is 2.04. The van der Waals surface area contributed by atoms with Crippen molar-refractivity contribution in [3.63, 3.8) is 0 Å². The zero-order chi connectivity index (χ0) is 8.69. The molecule has 3 nitrogen and oxygen atoms in total. The van der Waals surface area contributed by atoms with Crippen molar-refractivity contribution in [1.29, 1.82) is 0 Å². The molecule has 0 rings (SSSR count). The van der Waals surface area contributed by atoms with Crippen molar-refractivity contribution >= 4 is 21.9 Å². The number of rotatable bonds is 1. The first-order valence-electron chi connectivity index (χ1n) is 2.75. The first kappa shape index (κ1) is 10.2. The molecule has 11 heavy (non-hydrogen) atoms. The molecule has 0 aromatic heterocycles. The summed E-state index contributed by atoms with van der Waals surface area (Å²) in [7, 11) is 1.27. The van der Waals surface area contributed by atoms with Crippen LogP contribution in [0.3, 0.4) is 0 Å². The molecule has 60 valence electrons. The second-order valence-electron chi connectivity index (χ2n) is 1.46. The molecule has 0 heterocycles. The topological polar surface area (TPSA) is 46.5 Å². The number of allylic oxidation sites excluding steroid dienone is 1. The molecule has 0 fully saturated rings. The van der Waals surface area contributed by atoms with Gasteiger partial charge >= 0.3 is 5.97 Å². The molecular weight excluding hydrogens is 212 g/mol. The Morgan fingerprint density at radius 2 is 2.45 bits per heavy atom. The van der Waals surface area contributed by atoms with E-state index in [2.05, 4.69) is 32.5 Å². The fourth-order valence-electron chi connectivity index (χ4n) is 0.316. The van der Waals surface area contributed by atoms with Gasteiger partial charge in [-0.25, -0.2) is 4.79 Å². The van der Waals surface area contributed by atoms with Crippen LogP contribution >= 0.6 is 15.9 Å². The highest BCUT2D eigenvalue weighted by Gasteiger charge is 2.02. The average molecular weight is 219 g/mol. The lowest BCUT2D eigenvalue weighted by Gasteiger charge is -1.91. The highest BCUT2D eigenvalue weighted by molar-refractivity contribution is 9.12. The van der Waals surface area contributed by atoms with Crippen LogP contribution in [0.1, 0.15) is 0 Å². The van der Waals surface area contributed by atoms with Crippen molar-refractivity contribution in [2.75, 3.05) is 13.7 Å². The minimum atomic E-state index is -0.489. The molecule has 0 unspecified atom stereocenters. The number of hydrogen-bond donors (Lipinski definition) is 1. The number of carbonyl (C=O) groups excluding carboxylic acids is 1. The number of carbonyl (C=O) groups is 1. The maximum absolute atomic E-state index is 10.6. The summed E-state index contributed by atoms with van der Waals surface area (Å²) in [5.41, 5.74) is 0. The monoisotopic (exact) mass is 218 g/mol. The molecule has 0 aliphatic rings. The zero-order valence-electron chi connectivity index (χ0n) is 5.93. The third-order valence-corrected chi connectivity index (χ3v) is 1.31. The van der Waals surface area contributed by atoms with E-state index in [4.69, 9.17) is 5.11 Å². The van der Waals surface area contributed by atoms with Crippen LogP contribution in [0.25, 0.3) is 0 Å². The maximum Gasteiger partial charge on any atom is 0.345 e. The van der Waals surface area contributed by atoms with Gasteiger partial charge in [-0.2, -0.15) is 0 Å². The van der Waals surface area contributed by atoms with E-state index in [9.17, 15) is 4.79 Å². The lowest BCUT2D eigenvalue weighted by Crippen LogP contribution is -1.98. The summed E-state index contributed by atoms with van der Waals surface area (Å²) >= 11 is 2.94. The Kier molecular flexibility index (Phi) is 5.53. The SMILES string of the molecule is COC(=O)/C(Br)=C/C#CCO. The maximum atomic E-state index is 10.6. The van der Waals surface area contributed by atoms with Crippen molar-refractivity contribution < 1.29 is 14.6 Å². The molecule has 0 saturated carbocycles.